The van der Waals surface area contributed by atoms with E-state index in [1.54, 1.807) is 6.92 Å². The summed E-state index contributed by atoms with van der Waals surface area (Å²) in [6, 6.07) is 0. The van der Waals surface area contributed by atoms with Crippen LogP contribution >= 0.6 is 0 Å². The molecule has 0 aromatic carbocycles. The summed E-state index contributed by atoms with van der Waals surface area (Å²) in [5, 5.41) is 7.16. The molecule has 2 heterocycles. The number of carbonyl (C=O) groups excluding carboxylic acids is 1. The summed E-state index contributed by atoms with van der Waals surface area (Å²) in [6.45, 7) is 1.76. The van der Waals surface area contributed by atoms with Gasteiger partial charge >= 0.3 is 5.97 Å². The lowest BCUT2D eigenvalue weighted by Gasteiger charge is -1.88. The molecule has 12 heavy (non-hydrogen) atoms. The maximum Gasteiger partial charge on any atom is 0.341 e. The van der Waals surface area contributed by atoms with Gasteiger partial charge in [-0.2, -0.15) is 0 Å². The smallest absolute Gasteiger partial charge is 0.341 e. The van der Waals surface area contributed by atoms with Crippen molar-refractivity contribution >= 4 is 11.7 Å². The van der Waals surface area contributed by atoms with Crippen molar-refractivity contribution in [1.82, 2.24) is 5.16 Å². The highest BCUT2D eigenvalue weighted by atomic mass is 16.7. The van der Waals surface area contributed by atoms with Gasteiger partial charge in [0.2, 0.25) is 0 Å². The molecule has 0 radical (unpaired) electrons. The SMILES string of the molecule is Cc1oncc1C1=NOC(=O)C1. The van der Waals surface area contributed by atoms with E-state index in [2.05, 4.69) is 15.1 Å². The summed E-state index contributed by atoms with van der Waals surface area (Å²) >= 11 is 0. The molecule has 1 aliphatic heterocycles. The second kappa shape index (κ2) is 2.44. The molecule has 1 aliphatic rings. The van der Waals surface area contributed by atoms with Crippen LogP contribution in [0.1, 0.15) is 17.7 Å². The quantitative estimate of drug-likeness (QED) is 0.574. The van der Waals surface area contributed by atoms with E-state index in [1.807, 2.05) is 0 Å². The lowest BCUT2D eigenvalue weighted by molar-refractivity contribution is -0.140. The highest BCUT2D eigenvalue weighted by Crippen LogP contribution is 2.14. The molecule has 0 N–H and O–H groups in total. The Morgan fingerprint density at radius 3 is 2.92 bits per heavy atom. The molecule has 0 bridgehead atoms. The number of rotatable bonds is 1. The third kappa shape index (κ3) is 0.990. The van der Waals surface area contributed by atoms with Gasteiger partial charge in [0.05, 0.1) is 18.2 Å². The summed E-state index contributed by atoms with van der Waals surface area (Å²) < 4.78 is 4.81. The van der Waals surface area contributed by atoms with E-state index >= 15 is 0 Å². The molecule has 0 unspecified atom stereocenters. The van der Waals surface area contributed by atoms with E-state index in [0.717, 1.165) is 5.56 Å². The lowest BCUT2D eigenvalue weighted by Crippen LogP contribution is -2.00. The van der Waals surface area contributed by atoms with E-state index in [9.17, 15) is 4.79 Å². The van der Waals surface area contributed by atoms with Crippen molar-refractivity contribution in [2.75, 3.05) is 0 Å². The first-order chi connectivity index (χ1) is 5.77. The van der Waals surface area contributed by atoms with Gasteiger partial charge in [0.25, 0.3) is 0 Å². The van der Waals surface area contributed by atoms with Crippen LogP contribution in [-0.4, -0.2) is 16.8 Å². The summed E-state index contributed by atoms with van der Waals surface area (Å²) in [5.41, 5.74) is 1.32. The van der Waals surface area contributed by atoms with Crippen molar-refractivity contribution in [3.05, 3.63) is 17.5 Å². The molecule has 1 aromatic rings. The van der Waals surface area contributed by atoms with Gasteiger partial charge in [-0.25, -0.2) is 4.79 Å². The number of aromatic nitrogens is 1. The summed E-state index contributed by atoms with van der Waals surface area (Å²) in [7, 11) is 0. The highest BCUT2D eigenvalue weighted by molar-refractivity contribution is 6.11. The van der Waals surface area contributed by atoms with Crippen LogP contribution in [0.3, 0.4) is 0 Å². The maximum absolute atomic E-state index is 10.7. The predicted octanol–water partition coefficient (Wildman–Crippen LogP) is 0.634. The van der Waals surface area contributed by atoms with Crippen molar-refractivity contribution in [1.29, 1.82) is 0 Å². The Labute approximate surface area is 68.0 Å². The number of oxime groups is 1. The normalized spacial score (nSPS) is 16.1. The summed E-state index contributed by atoms with van der Waals surface area (Å²) in [6.07, 6.45) is 1.72. The second-order valence-corrected chi connectivity index (χ2v) is 2.47. The molecular formula is C7H6N2O3. The van der Waals surface area contributed by atoms with Crippen LogP contribution in [0.25, 0.3) is 0 Å². The predicted molar refractivity (Wildman–Crippen MR) is 38.5 cm³/mol. The van der Waals surface area contributed by atoms with Gasteiger partial charge in [-0.1, -0.05) is 10.3 Å². The Hall–Kier alpha value is -1.65. The highest BCUT2D eigenvalue weighted by Gasteiger charge is 2.22. The standard InChI is InChI=1S/C7H6N2O3/c1-4-5(3-8-11-4)6-2-7(10)12-9-6/h3H,2H2,1H3. The first-order valence-corrected chi connectivity index (χ1v) is 3.46. The molecule has 0 saturated carbocycles. The number of hydrogen-bond donors (Lipinski definition) is 0. The molecule has 0 fully saturated rings. The van der Waals surface area contributed by atoms with Crippen LogP contribution in [0.4, 0.5) is 0 Å². The Morgan fingerprint density at radius 2 is 2.42 bits per heavy atom. The molecule has 0 saturated heterocycles. The van der Waals surface area contributed by atoms with Gasteiger partial charge < -0.3 is 9.36 Å². The minimum absolute atomic E-state index is 0.196. The average Bonchev–Trinajstić information content (AvgIpc) is 2.58. The van der Waals surface area contributed by atoms with E-state index in [1.165, 1.54) is 6.20 Å². The van der Waals surface area contributed by atoms with Crippen LogP contribution in [0.2, 0.25) is 0 Å². The Balaban J connectivity index is 2.33. The largest absolute Gasteiger partial charge is 0.361 e. The third-order valence-electron chi connectivity index (χ3n) is 1.63. The zero-order chi connectivity index (χ0) is 8.55. The van der Waals surface area contributed by atoms with Gasteiger partial charge in [-0.3, -0.25) is 0 Å². The van der Waals surface area contributed by atoms with Gasteiger partial charge in [-0.15, -0.1) is 0 Å². The second-order valence-electron chi connectivity index (χ2n) is 2.47. The van der Waals surface area contributed by atoms with Crippen molar-refractivity contribution in [3.8, 4) is 0 Å². The lowest BCUT2D eigenvalue weighted by atomic mass is 10.1. The molecule has 0 aliphatic carbocycles. The van der Waals surface area contributed by atoms with E-state index in [0.29, 0.717) is 11.5 Å². The maximum atomic E-state index is 10.7. The van der Waals surface area contributed by atoms with Crippen molar-refractivity contribution < 1.29 is 14.2 Å². The fraction of sp³-hybridized carbons (Fsp3) is 0.286. The van der Waals surface area contributed by atoms with E-state index in [-0.39, 0.29) is 12.4 Å². The molecule has 2 rings (SSSR count). The van der Waals surface area contributed by atoms with Gasteiger partial charge in [0.15, 0.2) is 0 Å². The van der Waals surface area contributed by atoms with Crippen LogP contribution in [0.15, 0.2) is 15.9 Å². The van der Waals surface area contributed by atoms with Crippen LogP contribution in [0, 0.1) is 6.92 Å². The monoisotopic (exact) mass is 166 g/mol. The minimum Gasteiger partial charge on any atom is -0.361 e. The number of carbonyl (C=O) groups is 1. The van der Waals surface area contributed by atoms with Crippen molar-refractivity contribution in [2.24, 2.45) is 5.16 Å². The zero-order valence-electron chi connectivity index (χ0n) is 6.40. The molecular weight excluding hydrogens is 160 g/mol. The van der Waals surface area contributed by atoms with Crippen LogP contribution < -0.4 is 0 Å². The topological polar surface area (TPSA) is 64.7 Å². The summed E-state index contributed by atoms with van der Waals surface area (Å²) in [4.78, 5) is 15.1. The van der Waals surface area contributed by atoms with E-state index in [4.69, 9.17) is 4.52 Å². The first kappa shape index (κ1) is 7.02. The molecule has 0 spiro atoms. The van der Waals surface area contributed by atoms with Gasteiger partial charge in [0, 0.05) is 0 Å². The molecule has 1 aromatic heterocycles. The minimum atomic E-state index is -0.342. The third-order valence-corrected chi connectivity index (χ3v) is 1.63. The number of nitrogens with zero attached hydrogens (tertiary/aromatic N) is 2. The molecule has 0 atom stereocenters. The average molecular weight is 166 g/mol. The Bertz CT molecular complexity index is 353. The van der Waals surface area contributed by atoms with Gasteiger partial charge in [-0.05, 0) is 6.92 Å². The zero-order valence-corrected chi connectivity index (χ0v) is 6.40. The Morgan fingerprint density at radius 1 is 1.58 bits per heavy atom. The van der Waals surface area contributed by atoms with E-state index < -0.39 is 0 Å². The van der Waals surface area contributed by atoms with Crippen LogP contribution in [-0.2, 0) is 9.63 Å². The van der Waals surface area contributed by atoms with Gasteiger partial charge in [0.1, 0.15) is 11.5 Å². The number of aryl methyl sites for hydroxylation is 1. The fourth-order valence-electron chi connectivity index (χ4n) is 1.03. The summed E-state index contributed by atoms with van der Waals surface area (Å²) in [5.74, 6) is 0.303. The molecule has 5 heteroatoms. The first-order valence-electron chi connectivity index (χ1n) is 3.46. The fourth-order valence-corrected chi connectivity index (χ4v) is 1.03. The Kier molecular flexibility index (Phi) is 1.43. The molecule has 0 amide bonds. The van der Waals surface area contributed by atoms with Crippen molar-refractivity contribution in [3.63, 3.8) is 0 Å². The number of hydrogen-bond acceptors (Lipinski definition) is 5. The van der Waals surface area contributed by atoms with Crippen LogP contribution in [0.5, 0.6) is 0 Å². The molecule has 5 nitrogen and oxygen atoms in total. The van der Waals surface area contributed by atoms with Crippen molar-refractivity contribution in [2.45, 2.75) is 13.3 Å². The molecule has 62 valence electrons.